The average Bonchev–Trinajstić information content (AvgIpc) is 2.57. The summed E-state index contributed by atoms with van der Waals surface area (Å²) in [6.45, 7) is 2.85. The molecule has 1 aliphatic rings. The van der Waals surface area contributed by atoms with E-state index in [1.165, 1.54) is 5.03 Å². The van der Waals surface area contributed by atoms with E-state index in [2.05, 4.69) is 11.2 Å². The highest BCUT2D eigenvalue weighted by molar-refractivity contribution is 7.99. The second-order valence-corrected chi connectivity index (χ2v) is 6.00. The van der Waals surface area contributed by atoms with Crippen molar-refractivity contribution in [3.63, 3.8) is 0 Å². The van der Waals surface area contributed by atoms with Gasteiger partial charge in [0, 0.05) is 29.9 Å². The molecule has 0 spiro atoms. The molecule has 0 N–H and O–H groups in total. The second-order valence-electron chi connectivity index (χ2n) is 4.48. The maximum absolute atomic E-state index is 6.10. The van der Waals surface area contributed by atoms with Gasteiger partial charge in [-0.25, -0.2) is 0 Å². The number of nitrogens with zero attached hydrogens (tertiary/aromatic N) is 3. The molecule has 0 fully saturated rings. The van der Waals surface area contributed by atoms with Crippen LogP contribution in [0.3, 0.4) is 0 Å². The van der Waals surface area contributed by atoms with Gasteiger partial charge in [-0.15, -0.1) is 24.2 Å². The van der Waals surface area contributed by atoms with Crippen molar-refractivity contribution in [3.05, 3.63) is 46.1 Å². The van der Waals surface area contributed by atoms with Gasteiger partial charge < -0.3 is 0 Å². The third-order valence-corrected chi connectivity index (χ3v) is 4.47. The summed E-state index contributed by atoms with van der Waals surface area (Å²) in [7, 11) is 1.99. The summed E-state index contributed by atoms with van der Waals surface area (Å²) < 4.78 is 1.95. The van der Waals surface area contributed by atoms with Crippen LogP contribution in [0, 0.1) is 6.92 Å². The molecule has 1 aliphatic heterocycles. The lowest BCUT2D eigenvalue weighted by atomic mass is 10.0. The van der Waals surface area contributed by atoms with Crippen molar-refractivity contribution in [3.8, 4) is 0 Å². The summed E-state index contributed by atoms with van der Waals surface area (Å²) in [5, 5.41) is 6.44. The van der Waals surface area contributed by atoms with Crippen LogP contribution in [-0.2, 0) is 7.05 Å². The molecule has 6 heteroatoms. The molecular weight excluding hydrogens is 313 g/mol. The van der Waals surface area contributed by atoms with E-state index in [-0.39, 0.29) is 12.4 Å². The van der Waals surface area contributed by atoms with Crippen LogP contribution in [0.5, 0.6) is 0 Å². The summed E-state index contributed by atoms with van der Waals surface area (Å²) in [6, 6.07) is 7.86. The first-order valence-corrected chi connectivity index (χ1v) is 7.50. The van der Waals surface area contributed by atoms with E-state index in [4.69, 9.17) is 16.6 Å². The Balaban J connectivity index is 0.00000147. The average molecular weight is 328 g/mol. The van der Waals surface area contributed by atoms with Crippen molar-refractivity contribution < 1.29 is 0 Å². The molecule has 20 heavy (non-hydrogen) atoms. The first-order valence-electron chi connectivity index (χ1n) is 6.14. The SMILES string of the molecule is Cc1nn(C)c2c1C(c1cccc(Cl)c1)=NCCS2.Cl. The standard InChI is InChI=1S/C14H14ClN3S.ClH/c1-9-12-13(10-4-3-5-11(15)8-10)16-6-7-19-14(12)18(2)17-9;/h3-5,8H,6-7H2,1-2H3;1H. The highest BCUT2D eigenvalue weighted by atomic mass is 35.5. The van der Waals surface area contributed by atoms with E-state index < -0.39 is 0 Å². The van der Waals surface area contributed by atoms with Gasteiger partial charge in [0.15, 0.2) is 0 Å². The molecule has 0 unspecified atom stereocenters. The Morgan fingerprint density at radius 3 is 2.90 bits per heavy atom. The van der Waals surface area contributed by atoms with Gasteiger partial charge in [-0.1, -0.05) is 23.7 Å². The van der Waals surface area contributed by atoms with Crippen molar-refractivity contribution in [2.24, 2.45) is 12.0 Å². The number of thioether (sulfide) groups is 1. The number of hydrogen-bond donors (Lipinski definition) is 0. The van der Waals surface area contributed by atoms with Crippen molar-refractivity contribution in [1.82, 2.24) is 9.78 Å². The van der Waals surface area contributed by atoms with Crippen LogP contribution in [0.4, 0.5) is 0 Å². The Labute approximate surface area is 133 Å². The highest BCUT2D eigenvalue weighted by Crippen LogP contribution is 2.30. The highest BCUT2D eigenvalue weighted by Gasteiger charge is 2.22. The number of benzene rings is 1. The zero-order valence-electron chi connectivity index (χ0n) is 11.3. The molecule has 0 saturated heterocycles. The predicted octanol–water partition coefficient (Wildman–Crippen LogP) is 3.75. The van der Waals surface area contributed by atoms with Crippen molar-refractivity contribution in [2.45, 2.75) is 11.9 Å². The zero-order chi connectivity index (χ0) is 13.4. The fourth-order valence-corrected chi connectivity index (χ4v) is 3.51. The smallest absolute Gasteiger partial charge is 0.103 e. The minimum atomic E-state index is 0. The van der Waals surface area contributed by atoms with Gasteiger partial charge in [0.2, 0.25) is 0 Å². The molecule has 0 amide bonds. The molecule has 0 radical (unpaired) electrons. The molecule has 3 rings (SSSR count). The molecule has 0 bridgehead atoms. The van der Waals surface area contributed by atoms with Crippen LogP contribution in [0.1, 0.15) is 16.8 Å². The summed E-state index contributed by atoms with van der Waals surface area (Å²) in [5.74, 6) is 0.982. The Hall–Kier alpha value is -0.970. The Bertz CT molecular complexity index is 664. The number of aromatic nitrogens is 2. The monoisotopic (exact) mass is 327 g/mol. The van der Waals surface area contributed by atoms with Crippen LogP contribution in [0.25, 0.3) is 0 Å². The molecule has 0 saturated carbocycles. The van der Waals surface area contributed by atoms with E-state index >= 15 is 0 Å². The largest absolute Gasteiger partial charge is 0.283 e. The predicted molar refractivity (Wildman–Crippen MR) is 87.9 cm³/mol. The maximum atomic E-state index is 6.10. The molecule has 106 valence electrons. The molecule has 2 heterocycles. The fraction of sp³-hybridized carbons (Fsp3) is 0.286. The lowest BCUT2D eigenvalue weighted by Crippen LogP contribution is -2.05. The number of rotatable bonds is 1. The quantitative estimate of drug-likeness (QED) is 0.798. The van der Waals surface area contributed by atoms with Crippen molar-refractivity contribution in [2.75, 3.05) is 12.3 Å². The van der Waals surface area contributed by atoms with Crippen LogP contribution in [0.15, 0.2) is 34.3 Å². The van der Waals surface area contributed by atoms with Crippen LogP contribution >= 0.6 is 35.8 Å². The van der Waals surface area contributed by atoms with E-state index in [9.17, 15) is 0 Å². The number of fused-ring (bicyclic) bond motifs is 1. The van der Waals surface area contributed by atoms with Gasteiger partial charge in [0.1, 0.15) is 5.03 Å². The van der Waals surface area contributed by atoms with E-state index in [0.717, 1.165) is 39.9 Å². The Kier molecular flexibility index (Phi) is 4.78. The minimum absolute atomic E-state index is 0. The van der Waals surface area contributed by atoms with Gasteiger partial charge in [0.25, 0.3) is 0 Å². The van der Waals surface area contributed by atoms with Crippen molar-refractivity contribution >= 4 is 41.5 Å². The van der Waals surface area contributed by atoms with E-state index in [1.807, 2.05) is 48.6 Å². The topological polar surface area (TPSA) is 30.2 Å². The third-order valence-electron chi connectivity index (χ3n) is 3.10. The molecule has 1 aromatic carbocycles. The first kappa shape index (κ1) is 15.4. The summed E-state index contributed by atoms with van der Waals surface area (Å²) in [5.41, 5.74) is 4.23. The van der Waals surface area contributed by atoms with E-state index in [0.29, 0.717) is 0 Å². The lowest BCUT2D eigenvalue weighted by Gasteiger charge is -2.07. The zero-order valence-corrected chi connectivity index (χ0v) is 13.6. The van der Waals surface area contributed by atoms with Crippen LogP contribution in [-0.4, -0.2) is 27.8 Å². The maximum Gasteiger partial charge on any atom is 0.103 e. The molecule has 3 nitrogen and oxygen atoms in total. The first-order chi connectivity index (χ1) is 9.16. The molecule has 1 aromatic heterocycles. The van der Waals surface area contributed by atoms with Gasteiger partial charge in [-0.2, -0.15) is 5.10 Å². The van der Waals surface area contributed by atoms with Crippen molar-refractivity contribution in [1.29, 1.82) is 0 Å². The molecule has 0 atom stereocenters. The van der Waals surface area contributed by atoms with Gasteiger partial charge >= 0.3 is 0 Å². The minimum Gasteiger partial charge on any atom is -0.283 e. The van der Waals surface area contributed by atoms with E-state index in [1.54, 1.807) is 0 Å². The molecular formula is C14H15Cl2N3S. The number of aliphatic imine (C=N–C) groups is 1. The lowest BCUT2D eigenvalue weighted by molar-refractivity contribution is 0.692. The third kappa shape index (κ3) is 2.73. The van der Waals surface area contributed by atoms with Crippen LogP contribution < -0.4 is 0 Å². The Morgan fingerprint density at radius 1 is 1.35 bits per heavy atom. The number of hydrogen-bond acceptors (Lipinski definition) is 3. The summed E-state index contributed by atoms with van der Waals surface area (Å²) in [6.07, 6.45) is 0. The number of aryl methyl sites for hydroxylation is 2. The second kappa shape index (κ2) is 6.20. The van der Waals surface area contributed by atoms with Gasteiger partial charge in [-0.05, 0) is 19.1 Å². The number of halogens is 2. The fourth-order valence-electron chi connectivity index (χ4n) is 2.33. The van der Waals surface area contributed by atoms with Gasteiger partial charge in [0.05, 0.1) is 17.0 Å². The van der Waals surface area contributed by atoms with Crippen LogP contribution in [0.2, 0.25) is 5.02 Å². The summed E-state index contributed by atoms with van der Waals surface area (Å²) >= 11 is 7.91. The molecule has 0 aliphatic carbocycles. The molecule has 2 aromatic rings. The normalized spacial score (nSPS) is 14.1. The Morgan fingerprint density at radius 2 is 2.15 bits per heavy atom. The van der Waals surface area contributed by atoms with Gasteiger partial charge in [-0.3, -0.25) is 9.67 Å². The summed E-state index contributed by atoms with van der Waals surface area (Å²) in [4.78, 5) is 4.73.